The van der Waals surface area contributed by atoms with Crippen LogP contribution in [-0.2, 0) is 9.53 Å². The summed E-state index contributed by atoms with van der Waals surface area (Å²) in [6.45, 7) is 1.94. The molecule has 2 amide bonds. The highest BCUT2D eigenvalue weighted by molar-refractivity contribution is 5.96. The fraction of sp³-hybridized carbons (Fsp3) is 0.250. The van der Waals surface area contributed by atoms with E-state index < -0.39 is 24.0 Å². The Balaban J connectivity index is 1.36. The first-order chi connectivity index (χ1) is 16.0. The molecule has 0 radical (unpaired) electrons. The summed E-state index contributed by atoms with van der Waals surface area (Å²) in [6, 6.07) is 16.2. The number of carboxylic acids is 1. The molecule has 1 heterocycles. The topological polar surface area (TPSA) is 131 Å². The second kappa shape index (κ2) is 9.56. The number of fused-ring (bicyclic) bond motifs is 3. The summed E-state index contributed by atoms with van der Waals surface area (Å²) >= 11 is 0. The average Bonchev–Trinajstić information content (AvgIpc) is 3.40. The lowest BCUT2D eigenvalue weighted by atomic mass is 9.98. The number of aliphatic carboxylic acids is 1. The third-order valence-electron chi connectivity index (χ3n) is 5.49. The van der Waals surface area contributed by atoms with Crippen molar-refractivity contribution >= 4 is 23.9 Å². The first-order valence-corrected chi connectivity index (χ1v) is 10.6. The lowest BCUT2D eigenvalue weighted by Crippen LogP contribution is -2.40. The van der Waals surface area contributed by atoms with Gasteiger partial charge in [0, 0.05) is 12.0 Å². The number of carboxylic acid groups (broad SMARTS) is 1. The lowest BCUT2D eigenvalue weighted by Gasteiger charge is -2.14. The number of nitrogens with one attached hydrogen (secondary N) is 2. The minimum absolute atomic E-state index is 0.0836. The van der Waals surface area contributed by atoms with E-state index in [1.807, 2.05) is 55.5 Å². The predicted molar refractivity (Wildman–Crippen MR) is 119 cm³/mol. The van der Waals surface area contributed by atoms with Gasteiger partial charge in [-0.25, -0.2) is 9.59 Å². The Morgan fingerprint density at radius 1 is 1.09 bits per heavy atom. The molecule has 2 aromatic carbocycles. The van der Waals surface area contributed by atoms with Crippen LogP contribution in [0, 0.1) is 0 Å². The average molecular weight is 449 g/mol. The van der Waals surface area contributed by atoms with E-state index in [0.29, 0.717) is 6.42 Å². The van der Waals surface area contributed by atoms with Gasteiger partial charge >= 0.3 is 12.1 Å². The minimum atomic E-state index is -1.13. The summed E-state index contributed by atoms with van der Waals surface area (Å²) < 4.78 is 10.4. The Morgan fingerprint density at radius 2 is 1.73 bits per heavy atom. The first-order valence-electron chi connectivity index (χ1n) is 10.6. The molecule has 1 aliphatic carbocycles. The summed E-state index contributed by atoms with van der Waals surface area (Å²) in [5, 5.41) is 17.5. The van der Waals surface area contributed by atoms with Crippen molar-refractivity contribution in [3.63, 3.8) is 0 Å². The van der Waals surface area contributed by atoms with Crippen molar-refractivity contribution in [2.24, 2.45) is 0 Å². The molecule has 0 aliphatic heterocycles. The van der Waals surface area contributed by atoms with Gasteiger partial charge in [-0.2, -0.15) is 0 Å². The zero-order valence-corrected chi connectivity index (χ0v) is 17.9. The van der Waals surface area contributed by atoms with Gasteiger partial charge in [0.15, 0.2) is 5.69 Å². The van der Waals surface area contributed by atoms with Crippen LogP contribution in [0.5, 0.6) is 0 Å². The van der Waals surface area contributed by atoms with Crippen LogP contribution >= 0.6 is 0 Å². The third-order valence-corrected chi connectivity index (χ3v) is 5.49. The molecule has 0 bridgehead atoms. The number of amides is 2. The standard InChI is InChI=1S/C24H23N3O6/c1-2-7-19(23(29)30)25-22(28)20-12-21(33-27-20)26-24(31)32-13-18-16-10-5-3-8-14(16)15-9-4-6-11-17(15)18/h3-6,8-12,18-19H,2,7,13H2,1H3,(H,25,28)(H,26,31)(H,29,30)/t19-/m0/s1. The van der Waals surface area contributed by atoms with Crippen LogP contribution in [0.3, 0.4) is 0 Å². The number of hydrogen-bond acceptors (Lipinski definition) is 6. The third kappa shape index (κ3) is 4.72. The van der Waals surface area contributed by atoms with Gasteiger partial charge in [-0.05, 0) is 28.7 Å². The monoisotopic (exact) mass is 449 g/mol. The summed E-state index contributed by atoms with van der Waals surface area (Å²) in [5.41, 5.74) is 4.27. The minimum Gasteiger partial charge on any atom is -0.480 e. The van der Waals surface area contributed by atoms with Crippen LogP contribution in [0.4, 0.5) is 10.7 Å². The van der Waals surface area contributed by atoms with Crippen LogP contribution in [0.2, 0.25) is 0 Å². The molecular formula is C24H23N3O6. The maximum Gasteiger partial charge on any atom is 0.414 e. The smallest absolute Gasteiger partial charge is 0.414 e. The van der Waals surface area contributed by atoms with Crippen LogP contribution < -0.4 is 10.6 Å². The van der Waals surface area contributed by atoms with Crippen molar-refractivity contribution in [3.8, 4) is 11.1 Å². The highest BCUT2D eigenvalue weighted by Gasteiger charge is 2.29. The fourth-order valence-electron chi connectivity index (χ4n) is 3.95. The van der Waals surface area contributed by atoms with Crippen molar-refractivity contribution in [2.75, 3.05) is 11.9 Å². The predicted octanol–water partition coefficient (Wildman–Crippen LogP) is 4.02. The fourth-order valence-corrected chi connectivity index (χ4v) is 3.95. The van der Waals surface area contributed by atoms with E-state index in [-0.39, 0.29) is 30.5 Å². The zero-order chi connectivity index (χ0) is 23.4. The van der Waals surface area contributed by atoms with E-state index in [1.54, 1.807) is 0 Å². The highest BCUT2D eigenvalue weighted by Crippen LogP contribution is 2.44. The van der Waals surface area contributed by atoms with Crippen molar-refractivity contribution < 1.29 is 28.8 Å². The van der Waals surface area contributed by atoms with Crippen LogP contribution in [0.25, 0.3) is 11.1 Å². The molecule has 0 saturated heterocycles. The Morgan fingerprint density at radius 3 is 2.33 bits per heavy atom. The Kier molecular flexibility index (Phi) is 6.39. The summed E-state index contributed by atoms with van der Waals surface area (Å²) in [6.07, 6.45) is 0.114. The van der Waals surface area contributed by atoms with Crippen molar-refractivity contribution in [1.82, 2.24) is 10.5 Å². The van der Waals surface area contributed by atoms with Crippen LogP contribution in [-0.4, -0.2) is 40.9 Å². The van der Waals surface area contributed by atoms with Gasteiger partial charge in [-0.3, -0.25) is 10.1 Å². The molecule has 1 atom stereocenters. The maximum absolute atomic E-state index is 12.3. The molecule has 3 aromatic rings. The van der Waals surface area contributed by atoms with E-state index >= 15 is 0 Å². The molecule has 9 nitrogen and oxygen atoms in total. The van der Waals surface area contributed by atoms with Gasteiger partial charge in [0.05, 0.1) is 0 Å². The normalized spacial score (nSPS) is 13.0. The van der Waals surface area contributed by atoms with Gasteiger partial charge in [0.2, 0.25) is 5.88 Å². The molecule has 0 unspecified atom stereocenters. The van der Waals surface area contributed by atoms with Gasteiger partial charge in [0.25, 0.3) is 5.91 Å². The van der Waals surface area contributed by atoms with Crippen molar-refractivity contribution in [1.29, 1.82) is 0 Å². The molecule has 33 heavy (non-hydrogen) atoms. The van der Waals surface area contributed by atoms with Crippen LogP contribution in [0.1, 0.15) is 47.3 Å². The molecule has 4 rings (SSSR count). The van der Waals surface area contributed by atoms with Crippen molar-refractivity contribution in [2.45, 2.75) is 31.7 Å². The SMILES string of the molecule is CCC[C@H](NC(=O)c1cc(NC(=O)OCC2c3ccccc3-c3ccccc32)on1)C(=O)O. The quantitative estimate of drug-likeness (QED) is 0.473. The first kappa shape index (κ1) is 22.1. The Bertz CT molecular complexity index is 1140. The number of rotatable bonds is 8. The highest BCUT2D eigenvalue weighted by atomic mass is 16.6. The van der Waals surface area contributed by atoms with E-state index in [0.717, 1.165) is 22.3 Å². The number of carbonyl (C=O) groups is 3. The van der Waals surface area contributed by atoms with Crippen molar-refractivity contribution in [3.05, 3.63) is 71.4 Å². The molecule has 9 heteroatoms. The van der Waals surface area contributed by atoms with Crippen LogP contribution in [0.15, 0.2) is 59.1 Å². The molecule has 0 fully saturated rings. The molecule has 1 aliphatic rings. The molecule has 1 aromatic heterocycles. The van der Waals surface area contributed by atoms with Gasteiger partial charge in [0.1, 0.15) is 12.6 Å². The molecule has 3 N–H and O–H groups in total. The second-order valence-electron chi connectivity index (χ2n) is 7.68. The molecule has 0 spiro atoms. The number of hydrogen-bond donors (Lipinski definition) is 3. The Hall–Kier alpha value is -4.14. The number of ether oxygens (including phenoxy) is 1. The summed E-state index contributed by atoms with van der Waals surface area (Å²) in [5.74, 6) is -2.02. The van der Waals surface area contributed by atoms with E-state index in [9.17, 15) is 14.4 Å². The van der Waals surface area contributed by atoms with E-state index in [1.165, 1.54) is 6.07 Å². The Labute approximate surface area is 189 Å². The number of nitrogens with zero attached hydrogens (tertiary/aromatic N) is 1. The second-order valence-corrected chi connectivity index (χ2v) is 7.68. The molecule has 0 saturated carbocycles. The van der Waals surface area contributed by atoms with E-state index in [2.05, 4.69) is 15.8 Å². The number of carbonyl (C=O) groups excluding carboxylic acids is 2. The lowest BCUT2D eigenvalue weighted by molar-refractivity contribution is -0.139. The summed E-state index contributed by atoms with van der Waals surface area (Å²) in [7, 11) is 0. The van der Waals surface area contributed by atoms with E-state index in [4.69, 9.17) is 14.4 Å². The van der Waals surface area contributed by atoms with Gasteiger partial charge in [-0.15, -0.1) is 0 Å². The van der Waals surface area contributed by atoms with Gasteiger partial charge in [-0.1, -0.05) is 67.0 Å². The molecule has 170 valence electrons. The largest absolute Gasteiger partial charge is 0.480 e. The maximum atomic E-state index is 12.3. The summed E-state index contributed by atoms with van der Waals surface area (Å²) in [4.78, 5) is 35.8. The number of aromatic nitrogens is 1. The zero-order valence-electron chi connectivity index (χ0n) is 17.9. The van der Waals surface area contributed by atoms with Gasteiger partial charge < -0.3 is 19.7 Å². The number of anilines is 1. The number of benzene rings is 2. The molecular weight excluding hydrogens is 426 g/mol.